The van der Waals surface area contributed by atoms with Gasteiger partial charge in [-0.25, -0.2) is 4.98 Å². The van der Waals surface area contributed by atoms with Gasteiger partial charge in [0.2, 0.25) is 0 Å². The molecule has 2 bridgehead atoms. The first-order chi connectivity index (χ1) is 8.16. The highest BCUT2D eigenvalue weighted by molar-refractivity contribution is 14.1. The van der Waals surface area contributed by atoms with Gasteiger partial charge in [-0.15, -0.1) is 0 Å². The van der Waals surface area contributed by atoms with Gasteiger partial charge in [-0.2, -0.15) is 0 Å². The number of anilines is 1. The summed E-state index contributed by atoms with van der Waals surface area (Å²) in [7, 11) is 0. The van der Waals surface area contributed by atoms with Crippen LogP contribution >= 0.6 is 22.6 Å². The Morgan fingerprint density at radius 3 is 2.71 bits per heavy atom. The molecule has 2 saturated heterocycles. The lowest BCUT2D eigenvalue weighted by Crippen LogP contribution is -2.46. The fourth-order valence-corrected chi connectivity index (χ4v) is 3.62. The Morgan fingerprint density at radius 1 is 1.41 bits per heavy atom. The van der Waals surface area contributed by atoms with Gasteiger partial charge >= 0.3 is 0 Å². The van der Waals surface area contributed by atoms with Crippen LogP contribution in [0.5, 0.6) is 0 Å². The molecule has 92 valence electrons. The van der Waals surface area contributed by atoms with Crippen molar-refractivity contribution in [3.05, 3.63) is 20.3 Å². The summed E-state index contributed by atoms with van der Waals surface area (Å²) in [4.78, 5) is 20.7. The van der Waals surface area contributed by atoms with Gasteiger partial charge in [-0.3, -0.25) is 4.79 Å². The van der Waals surface area contributed by atoms with E-state index in [1.165, 1.54) is 6.33 Å². The van der Waals surface area contributed by atoms with E-state index in [0.717, 1.165) is 31.5 Å². The second kappa shape index (κ2) is 4.24. The minimum absolute atomic E-state index is 0.0823. The molecule has 17 heavy (non-hydrogen) atoms. The van der Waals surface area contributed by atoms with E-state index in [4.69, 9.17) is 0 Å². The Morgan fingerprint density at radius 2 is 2.06 bits per heavy atom. The van der Waals surface area contributed by atoms with E-state index in [1.54, 1.807) is 0 Å². The molecule has 3 heterocycles. The first kappa shape index (κ1) is 11.5. The summed E-state index contributed by atoms with van der Waals surface area (Å²) in [6, 6.07) is 0.679. The molecule has 0 radical (unpaired) electrons. The molecule has 5 nitrogen and oxygen atoms in total. The van der Waals surface area contributed by atoms with Crippen molar-refractivity contribution in [1.82, 2.24) is 9.97 Å². The smallest absolute Gasteiger partial charge is 0.266 e. The minimum atomic E-state index is -0.191. The van der Waals surface area contributed by atoms with E-state index in [1.807, 2.05) is 22.6 Å². The van der Waals surface area contributed by atoms with Crippen molar-refractivity contribution < 1.29 is 5.11 Å². The number of aliphatic hydroxyl groups is 1. The SMILES string of the molecule is O=c1[nH]cnc(N2C3CCC2CC(O)C3)c1I. The van der Waals surface area contributed by atoms with Crippen LogP contribution < -0.4 is 10.5 Å². The monoisotopic (exact) mass is 347 g/mol. The third-order valence-electron chi connectivity index (χ3n) is 3.73. The molecule has 6 heteroatoms. The Balaban J connectivity index is 2.00. The molecule has 1 aromatic rings. The molecule has 2 atom stereocenters. The van der Waals surface area contributed by atoms with Crippen molar-refractivity contribution in [3.63, 3.8) is 0 Å². The number of aliphatic hydroxyl groups excluding tert-OH is 1. The third kappa shape index (κ3) is 1.87. The van der Waals surface area contributed by atoms with Crippen LogP contribution in [-0.2, 0) is 0 Å². The van der Waals surface area contributed by atoms with Crippen LogP contribution in [0, 0.1) is 3.57 Å². The zero-order valence-electron chi connectivity index (χ0n) is 9.27. The first-order valence-corrected chi connectivity index (χ1v) is 6.94. The van der Waals surface area contributed by atoms with E-state index >= 15 is 0 Å². The first-order valence-electron chi connectivity index (χ1n) is 5.86. The normalized spacial score (nSPS) is 31.9. The van der Waals surface area contributed by atoms with Crippen LogP contribution in [0.15, 0.2) is 11.1 Å². The highest BCUT2D eigenvalue weighted by Crippen LogP contribution is 2.39. The number of hydrogen-bond acceptors (Lipinski definition) is 4. The molecule has 3 rings (SSSR count). The predicted molar refractivity (Wildman–Crippen MR) is 72.1 cm³/mol. The van der Waals surface area contributed by atoms with E-state index in [-0.39, 0.29) is 11.7 Å². The quantitative estimate of drug-likeness (QED) is 0.740. The number of hydrogen-bond donors (Lipinski definition) is 2. The summed E-state index contributed by atoms with van der Waals surface area (Å²) in [6.45, 7) is 0. The van der Waals surface area contributed by atoms with Crippen LogP contribution in [0.3, 0.4) is 0 Å². The lowest BCUT2D eigenvalue weighted by molar-refractivity contribution is 0.126. The van der Waals surface area contributed by atoms with Gasteiger partial charge in [0, 0.05) is 12.1 Å². The molecule has 1 aromatic heterocycles. The van der Waals surface area contributed by atoms with Crippen LogP contribution in [-0.4, -0.2) is 33.3 Å². The maximum atomic E-state index is 11.6. The maximum Gasteiger partial charge on any atom is 0.266 e. The van der Waals surface area contributed by atoms with Crippen LogP contribution in [0.25, 0.3) is 0 Å². The minimum Gasteiger partial charge on any atom is -0.393 e. The van der Waals surface area contributed by atoms with Gasteiger partial charge in [0.15, 0.2) is 0 Å². The summed E-state index contributed by atoms with van der Waals surface area (Å²) in [5.41, 5.74) is -0.0823. The van der Waals surface area contributed by atoms with Gasteiger partial charge in [0.05, 0.1) is 12.4 Å². The average molecular weight is 347 g/mol. The summed E-state index contributed by atoms with van der Waals surface area (Å²) in [5, 5.41) is 9.76. The molecule has 2 aliphatic heterocycles. The number of rotatable bonds is 1. The molecular weight excluding hydrogens is 333 g/mol. The largest absolute Gasteiger partial charge is 0.393 e. The van der Waals surface area contributed by atoms with Gasteiger partial charge in [-0.05, 0) is 48.3 Å². The number of nitrogens with zero attached hydrogens (tertiary/aromatic N) is 2. The Kier molecular flexibility index (Phi) is 2.86. The zero-order chi connectivity index (χ0) is 12.0. The Bertz CT molecular complexity index is 476. The molecule has 0 amide bonds. The van der Waals surface area contributed by atoms with Crippen molar-refractivity contribution in [3.8, 4) is 0 Å². The van der Waals surface area contributed by atoms with Crippen LogP contribution in [0.4, 0.5) is 5.82 Å². The molecule has 2 unspecified atom stereocenters. The van der Waals surface area contributed by atoms with Gasteiger partial charge in [0.1, 0.15) is 9.39 Å². The number of aromatic nitrogens is 2. The Hall–Kier alpha value is -0.630. The molecule has 2 fully saturated rings. The van der Waals surface area contributed by atoms with Crippen molar-refractivity contribution in [2.24, 2.45) is 0 Å². The lowest BCUT2D eigenvalue weighted by atomic mass is 10.00. The standard InChI is InChI=1S/C11H14IN3O2/c12-9-10(13-5-14-11(9)17)15-6-1-2-7(15)4-8(16)3-6/h5-8,16H,1-4H2,(H,13,14,17). The topological polar surface area (TPSA) is 69.2 Å². The molecular formula is C11H14IN3O2. The molecule has 0 spiro atoms. The maximum absolute atomic E-state index is 11.6. The predicted octanol–water partition coefficient (Wildman–Crippen LogP) is 0.867. The van der Waals surface area contributed by atoms with Crippen molar-refractivity contribution >= 4 is 28.4 Å². The van der Waals surface area contributed by atoms with Gasteiger partial charge in [0.25, 0.3) is 5.56 Å². The number of fused-ring (bicyclic) bond motifs is 2. The number of nitrogens with one attached hydrogen (secondary N) is 1. The number of aromatic amines is 1. The second-order valence-electron chi connectivity index (χ2n) is 4.79. The van der Waals surface area contributed by atoms with Gasteiger partial charge < -0.3 is 15.0 Å². The van der Waals surface area contributed by atoms with Crippen LogP contribution in [0.1, 0.15) is 25.7 Å². The second-order valence-corrected chi connectivity index (χ2v) is 5.87. The number of H-pyrrole nitrogens is 1. The zero-order valence-corrected chi connectivity index (χ0v) is 11.4. The van der Waals surface area contributed by atoms with Crippen molar-refractivity contribution in [2.45, 2.75) is 43.9 Å². The van der Waals surface area contributed by atoms with E-state index in [9.17, 15) is 9.90 Å². The fraction of sp³-hybridized carbons (Fsp3) is 0.636. The summed E-state index contributed by atoms with van der Waals surface area (Å²) >= 11 is 2.05. The summed E-state index contributed by atoms with van der Waals surface area (Å²) in [6.07, 6.45) is 5.04. The van der Waals surface area contributed by atoms with Crippen LogP contribution in [0.2, 0.25) is 0 Å². The fourth-order valence-electron chi connectivity index (χ4n) is 3.05. The Labute approximate surface area is 112 Å². The van der Waals surface area contributed by atoms with E-state index in [0.29, 0.717) is 15.7 Å². The van der Waals surface area contributed by atoms with E-state index < -0.39 is 0 Å². The number of halogens is 1. The molecule has 0 aromatic carbocycles. The third-order valence-corrected chi connectivity index (χ3v) is 4.70. The van der Waals surface area contributed by atoms with Crippen molar-refractivity contribution in [2.75, 3.05) is 4.90 Å². The number of piperidine rings is 1. The molecule has 2 N–H and O–H groups in total. The van der Waals surface area contributed by atoms with Crippen molar-refractivity contribution in [1.29, 1.82) is 0 Å². The summed E-state index contributed by atoms with van der Waals surface area (Å²) in [5.74, 6) is 0.786. The average Bonchev–Trinajstić information content (AvgIpc) is 2.55. The highest BCUT2D eigenvalue weighted by atomic mass is 127. The molecule has 0 aliphatic carbocycles. The van der Waals surface area contributed by atoms with Gasteiger partial charge in [-0.1, -0.05) is 0 Å². The summed E-state index contributed by atoms with van der Waals surface area (Å²) < 4.78 is 0.651. The molecule has 2 aliphatic rings. The lowest BCUT2D eigenvalue weighted by Gasteiger charge is -2.38. The highest BCUT2D eigenvalue weighted by Gasteiger charge is 2.41. The molecule has 0 saturated carbocycles. The van der Waals surface area contributed by atoms with E-state index in [2.05, 4.69) is 14.9 Å².